The van der Waals surface area contributed by atoms with E-state index in [1.807, 2.05) is 30.9 Å². The topological polar surface area (TPSA) is 32.3 Å². The number of carbonyl (C=O) groups is 1. The summed E-state index contributed by atoms with van der Waals surface area (Å²) in [5, 5.41) is 4.41. The van der Waals surface area contributed by atoms with Gasteiger partial charge in [0.25, 0.3) is 0 Å². The lowest BCUT2D eigenvalue weighted by Gasteiger charge is -2.24. The summed E-state index contributed by atoms with van der Waals surface area (Å²) in [6.07, 6.45) is 2.22. The number of amides is 1. The molecule has 1 aromatic carbocycles. The summed E-state index contributed by atoms with van der Waals surface area (Å²) in [5.74, 6) is 0.175. The molecule has 110 valence electrons. The van der Waals surface area contributed by atoms with Gasteiger partial charge in [-0.3, -0.25) is 10.1 Å². The standard InChI is InChI=1S/C15H20Cl2N2O/c1-10(12-5-6-13(16)14(17)9-12)18-11(2)15(20)19-7-3-4-8-19/h5-6,9-11,18H,3-4,7-8H2,1-2H3. The van der Waals surface area contributed by atoms with Crippen molar-refractivity contribution in [3.05, 3.63) is 33.8 Å². The first-order chi connectivity index (χ1) is 9.49. The molecule has 0 radical (unpaired) electrons. The zero-order valence-electron chi connectivity index (χ0n) is 11.8. The van der Waals surface area contributed by atoms with Crippen molar-refractivity contribution in [2.24, 2.45) is 0 Å². The molecule has 0 spiro atoms. The lowest BCUT2D eigenvalue weighted by molar-refractivity contribution is -0.132. The van der Waals surface area contributed by atoms with Crippen LogP contribution in [0.3, 0.4) is 0 Å². The van der Waals surface area contributed by atoms with Crippen LogP contribution in [0.5, 0.6) is 0 Å². The van der Waals surface area contributed by atoms with Crippen LogP contribution >= 0.6 is 23.2 Å². The molecular weight excluding hydrogens is 295 g/mol. The van der Waals surface area contributed by atoms with Crippen molar-refractivity contribution in [3.8, 4) is 0 Å². The Morgan fingerprint density at radius 1 is 1.20 bits per heavy atom. The third-order valence-corrected chi connectivity index (χ3v) is 4.47. The van der Waals surface area contributed by atoms with E-state index in [4.69, 9.17) is 23.2 Å². The Morgan fingerprint density at radius 3 is 2.45 bits per heavy atom. The van der Waals surface area contributed by atoms with Crippen LogP contribution in [0.25, 0.3) is 0 Å². The third kappa shape index (κ3) is 3.66. The molecule has 3 nitrogen and oxygen atoms in total. The van der Waals surface area contributed by atoms with Crippen LogP contribution in [0.15, 0.2) is 18.2 Å². The Balaban J connectivity index is 1.97. The van der Waals surface area contributed by atoms with Gasteiger partial charge >= 0.3 is 0 Å². The predicted molar refractivity (Wildman–Crippen MR) is 83.3 cm³/mol. The molecule has 0 aromatic heterocycles. The van der Waals surface area contributed by atoms with Crippen LogP contribution < -0.4 is 5.32 Å². The molecule has 1 aromatic rings. The van der Waals surface area contributed by atoms with Crippen molar-refractivity contribution in [2.75, 3.05) is 13.1 Å². The summed E-state index contributed by atoms with van der Waals surface area (Å²) in [6, 6.07) is 5.40. The molecule has 2 atom stereocenters. The van der Waals surface area contributed by atoms with Crippen LogP contribution in [0.1, 0.15) is 38.3 Å². The van der Waals surface area contributed by atoms with E-state index in [-0.39, 0.29) is 18.0 Å². The molecule has 1 amide bonds. The molecule has 0 bridgehead atoms. The molecule has 1 heterocycles. The van der Waals surface area contributed by atoms with E-state index in [9.17, 15) is 4.79 Å². The summed E-state index contributed by atoms with van der Waals surface area (Å²) in [4.78, 5) is 14.2. The maximum atomic E-state index is 12.2. The predicted octanol–water partition coefficient (Wildman–Crippen LogP) is 3.65. The van der Waals surface area contributed by atoms with Crippen LogP contribution in [0, 0.1) is 0 Å². The number of rotatable bonds is 4. The number of hydrogen-bond acceptors (Lipinski definition) is 2. The Labute approximate surface area is 130 Å². The minimum atomic E-state index is -0.197. The van der Waals surface area contributed by atoms with Crippen molar-refractivity contribution in [3.63, 3.8) is 0 Å². The second-order valence-electron chi connectivity index (χ2n) is 5.32. The normalized spacial score (nSPS) is 18.1. The molecule has 0 aliphatic carbocycles. The van der Waals surface area contributed by atoms with Gasteiger partial charge in [-0.2, -0.15) is 0 Å². The number of halogens is 2. The summed E-state index contributed by atoms with van der Waals surface area (Å²) in [5.41, 5.74) is 1.03. The minimum absolute atomic E-state index is 0.0475. The zero-order valence-corrected chi connectivity index (χ0v) is 13.3. The van der Waals surface area contributed by atoms with E-state index < -0.39 is 0 Å². The summed E-state index contributed by atoms with van der Waals surface area (Å²) < 4.78 is 0. The second kappa shape index (κ2) is 6.79. The number of nitrogens with zero attached hydrogens (tertiary/aromatic N) is 1. The van der Waals surface area contributed by atoms with Gasteiger partial charge in [-0.15, -0.1) is 0 Å². The van der Waals surface area contributed by atoms with Gasteiger partial charge in [0, 0.05) is 19.1 Å². The molecule has 20 heavy (non-hydrogen) atoms. The highest BCUT2D eigenvalue weighted by atomic mass is 35.5. The number of hydrogen-bond donors (Lipinski definition) is 1. The van der Waals surface area contributed by atoms with E-state index >= 15 is 0 Å². The summed E-state index contributed by atoms with van der Waals surface area (Å²) in [7, 11) is 0. The molecule has 1 aliphatic heterocycles. The van der Waals surface area contributed by atoms with Gasteiger partial charge in [0.15, 0.2) is 0 Å². The average Bonchev–Trinajstić information content (AvgIpc) is 2.94. The highest BCUT2D eigenvalue weighted by Crippen LogP contribution is 2.25. The summed E-state index contributed by atoms with van der Waals surface area (Å²) in [6.45, 7) is 5.69. The van der Waals surface area contributed by atoms with Gasteiger partial charge in [-0.1, -0.05) is 29.3 Å². The molecular formula is C15H20Cl2N2O. The van der Waals surface area contributed by atoms with Crippen LogP contribution in [0.4, 0.5) is 0 Å². The van der Waals surface area contributed by atoms with Crippen molar-refractivity contribution < 1.29 is 4.79 Å². The molecule has 2 rings (SSSR count). The smallest absolute Gasteiger partial charge is 0.239 e. The zero-order chi connectivity index (χ0) is 14.7. The monoisotopic (exact) mass is 314 g/mol. The molecule has 0 saturated carbocycles. The maximum Gasteiger partial charge on any atom is 0.239 e. The largest absolute Gasteiger partial charge is 0.341 e. The van der Waals surface area contributed by atoms with Crippen LogP contribution in [-0.2, 0) is 4.79 Å². The second-order valence-corrected chi connectivity index (χ2v) is 6.13. The van der Waals surface area contributed by atoms with Gasteiger partial charge in [0.1, 0.15) is 0 Å². The first-order valence-corrected chi connectivity index (χ1v) is 7.74. The molecule has 5 heteroatoms. The number of carbonyl (C=O) groups excluding carboxylic acids is 1. The van der Waals surface area contributed by atoms with Gasteiger partial charge in [0.05, 0.1) is 16.1 Å². The van der Waals surface area contributed by atoms with Crippen molar-refractivity contribution >= 4 is 29.1 Å². The fourth-order valence-electron chi connectivity index (χ4n) is 2.54. The molecule has 1 aliphatic rings. The number of likely N-dealkylation sites (tertiary alicyclic amines) is 1. The SMILES string of the molecule is CC(NC(C)c1ccc(Cl)c(Cl)c1)C(=O)N1CCCC1. The van der Waals surface area contributed by atoms with Crippen molar-refractivity contribution in [1.82, 2.24) is 10.2 Å². The lowest BCUT2D eigenvalue weighted by atomic mass is 10.1. The summed E-state index contributed by atoms with van der Waals surface area (Å²) >= 11 is 11.9. The van der Waals surface area contributed by atoms with E-state index in [1.165, 1.54) is 0 Å². The molecule has 1 N–H and O–H groups in total. The van der Waals surface area contributed by atoms with Gasteiger partial charge < -0.3 is 4.90 Å². The van der Waals surface area contributed by atoms with Gasteiger partial charge in [-0.05, 0) is 44.4 Å². The fourth-order valence-corrected chi connectivity index (χ4v) is 2.84. The fraction of sp³-hybridized carbons (Fsp3) is 0.533. The molecule has 1 saturated heterocycles. The maximum absolute atomic E-state index is 12.2. The lowest BCUT2D eigenvalue weighted by Crippen LogP contribution is -2.44. The quantitative estimate of drug-likeness (QED) is 0.920. The van der Waals surface area contributed by atoms with E-state index in [1.54, 1.807) is 6.07 Å². The number of benzene rings is 1. The van der Waals surface area contributed by atoms with E-state index in [2.05, 4.69) is 5.32 Å². The minimum Gasteiger partial charge on any atom is -0.341 e. The van der Waals surface area contributed by atoms with Crippen molar-refractivity contribution in [2.45, 2.75) is 38.8 Å². The van der Waals surface area contributed by atoms with Crippen LogP contribution in [0.2, 0.25) is 10.0 Å². The third-order valence-electron chi connectivity index (χ3n) is 3.73. The average molecular weight is 315 g/mol. The Bertz CT molecular complexity index is 487. The highest BCUT2D eigenvalue weighted by molar-refractivity contribution is 6.42. The van der Waals surface area contributed by atoms with Gasteiger partial charge in [-0.25, -0.2) is 0 Å². The molecule has 1 fully saturated rings. The van der Waals surface area contributed by atoms with Gasteiger partial charge in [0.2, 0.25) is 5.91 Å². The highest BCUT2D eigenvalue weighted by Gasteiger charge is 2.24. The first kappa shape index (κ1) is 15.6. The Hall–Kier alpha value is -0.770. The number of nitrogens with one attached hydrogen (secondary N) is 1. The van der Waals surface area contributed by atoms with Crippen molar-refractivity contribution in [1.29, 1.82) is 0 Å². The Morgan fingerprint density at radius 2 is 1.85 bits per heavy atom. The van der Waals surface area contributed by atoms with E-state index in [0.717, 1.165) is 31.5 Å². The van der Waals surface area contributed by atoms with Crippen LogP contribution in [-0.4, -0.2) is 29.9 Å². The Kier molecular flexibility index (Phi) is 5.30. The molecule has 2 unspecified atom stereocenters. The first-order valence-electron chi connectivity index (χ1n) is 6.99. The van der Waals surface area contributed by atoms with E-state index in [0.29, 0.717) is 10.0 Å².